The van der Waals surface area contributed by atoms with Crippen LogP contribution < -0.4 is 5.73 Å². The highest BCUT2D eigenvalue weighted by Gasteiger charge is 1.99. The van der Waals surface area contributed by atoms with Crippen LogP contribution in [0, 0.1) is 0 Å². The van der Waals surface area contributed by atoms with E-state index >= 15 is 0 Å². The molecule has 0 bridgehead atoms. The molecule has 1 aromatic carbocycles. The van der Waals surface area contributed by atoms with E-state index in [1.807, 2.05) is 18.3 Å². The largest absolute Gasteiger partial charge is 0.480 e. The average Bonchev–Trinajstić information content (AvgIpc) is 2.66. The minimum atomic E-state index is -0.963. The van der Waals surface area contributed by atoms with Gasteiger partial charge in [-0.3, -0.25) is 4.79 Å². The first kappa shape index (κ1) is 11.3. The molecule has 0 radical (unpaired) electrons. The summed E-state index contributed by atoms with van der Waals surface area (Å²) >= 11 is 0. The van der Waals surface area contributed by atoms with Crippen LogP contribution in [0.15, 0.2) is 36.5 Å². The van der Waals surface area contributed by atoms with E-state index in [1.165, 1.54) is 17.8 Å². The maximum absolute atomic E-state index is 9.57. The fraction of sp³-hybridized carbons (Fsp3) is 0.182. The van der Waals surface area contributed by atoms with Crippen LogP contribution >= 0.6 is 0 Å². The van der Waals surface area contributed by atoms with Gasteiger partial charge in [0.1, 0.15) is 6.04 Å². The summed E-state index contributed by atoms with van der Waals surface area (Å²) < 4.78 is 0. The van der Waals surface area contributed by atoms with Crippen molar-refractivity contribution >= 4 is 16.9 Å². The molecule has 4 nitrogen and oxygen atoms in total. The quantitative estimate of drug-likeness (QED) is 0.662. The van der Waals surface area contributed by atoms with Gasteiger partial charge in [-0.15, -0.1) is 0 Å². The highest BCUT2D eigenvalue weighted by molar-refractivity contribution is 5.78. The molecule has 4 heteroatoms. The number of hydrogen-bond acceptors (Lipinski definition) is 2. The van der Waals surface area contributed by atoms with Gasteiger partial charge in [-0.25, -0.2) is 0 Å². The Balaban J connectivity index is 0.000000167. The third-order valence-corrected chi connectivity index (χ3v) is 1.85. The fourth-order valence-electron chi connectivity index (χ4n) is 0.995. The molecule has 2 aromatic rings. The minimum Gasteiger partial charge on any atom is -0.480 e. The maximum Gasteiger partial charge on any atom is 0.320 e. The highest BCUT2D eigenvalue weighted by atomic mass is 16.4. The van der Waals surface area contributed by atoms with Crippen molar-refractivity contribution in [2.45, 2.75) is 13.0 Å². The molecule has 1 aromatic heterocycles. The summed E-state index contributed by atoms with van der Waals surface area (Å²) in [6.45, 7) is 1.42. The number of aromatic nitrogens is 1. The number of rotatable bonds is 1. The smallest absolute Gasteiger partial charge is 0.320 e. The molecule has 4 N–H and O–H groups in total. The number of H-pyrrole nitrogens is 1. The lowest BCUT2D eigenvalue weighted by atomic mass is 10.3. The monoisotopic (exact) mass is 206 g/mol. The number of benzene rings is 1. The molecule has 0 aliphatic heterocycles. The van der Waals surface area contributed by atoms with Crippen LogP contribution in [-0.4, -0.2) is 22.1 Å². The van der Waals surface area contributed by atoms with Gasteiger partial charge in [0.2, 0.25) is 0 Å². The van der Waals surface area contributed by atoms with Crippen molar-refractivity contribution in [3.8, 4) is 0 Å². The molecule has 0 spiro atoms. The Labute approximate surface area is 87.7 Å². The number of fused-ring (bicyclic) bond motifs is 1. The zero-order valence-corrected chi connectivity index (χ0v) is 8.47. The number of nitrogens with one attached hydrogen (secondary N) is 1. The number of carbonyl (C=O) groups is 1. The summed E-state index contributed by atoms with van der Waals surface area (Å²) in [5.41, 5.74) is 6.04. The van der Waals surface area contributed by atoms with E-state index in [9.17, 15) is 4.79 Å². The van der Waals surface area contributed by atoms with Crippen molar-refractivity contribution in [3.05, 3.63) is 36.5 Å². The summed E-state index contributed by atoms with van der Waals surface area (Å²) in [6, 6.07) is 9.55. The van der Waals surface area contributed by atoms with Gasteiger partial charge >= 0.3 is 5.97 Å². The van der Waals surface area contributed by atoms with Crippen LogP contribution in [0.2, 0.25) is 0 Å². The lowest BCUT2D eigenvalue weighted by Gasteiger charge is -1.90. The van der Waals surface area contributed by atoms with Gasteiger partial charge in [0.25, 0.3) is 0 Å². The van der Waals surface area contributed by atoms with Crippen molar-refractivity contribution in [1.29, 1.82) is 0 Å². The van der Waals surface area contributed by atoms with Gasteiger partial charge < -0.3 is 15.8 Å². The van der Waals surface area contributed by atoms with Gasteiger partial charge in [-0.2, -0.15) is 0 Å². The Bertz CT molecular complexity index is 405. The lowest BCUT2D eigenvalue weighted by molar-refractivity contribution is -0.138. The van der Waals surface area contributed by atoms with E-state index in [2.05, 4.69) is 23.2 Å². The molecule has 0 saturated heterocycles. The zero-order valence-electron chi connectivity index (χ0n) is 8.47. The second-order valence-corrected chi connectivity index (χ2v) is 3.19. The van der Waals surface area contributed by atoms with Crippen LogP contribution in [0.3, 0.4) is 0 Å². The highest BCUT2D eigenvalue weighted by Crippen LogP contribution is 2.09. The van der Waals surface area contributed by atoms with Gasteiger partial charge in [0.15, 0.2) is 0 Å². The number of nitrogens with two attached hydrogens (primary N) is 1. The van der Waals surface area contributed by atoms with E-state index in [-0.39, 0.29) is 0 Å². The molecule has 80 valence electrons. The SMILES string of the molecule is C[C@@H](N)C(=O)O.c1ccc2[nH]ccc2c1. The van der Waals surface area contributed by atoms with Gasteiger partial charge in [-0.05, 0) is 24.4 Å². The van der Waals surface area contributed by atoms with Crippen LogP contribution in [0.5, 0.6) is 0 Å². The van der Waals surface area contributed by atoms with E-state index < -0.39 is 12.0 Å². The minimum absolute atomic E-state index is 0.731. The first-order valence-corrected chi connectivity index (χ1v) is 4.62. The number of carboxylic acid groups (broad SMARTS) is 1. The molecule has 0 aliphatic rings. The maximum atomic E-state index is 9.57. The van der Waals surface area contributed by atoms with E-state index in [4.69, 9.17) is 10.8 Å². The van der Waals surface area contributed by atoms with Gasteiger partial charge in [0, 0.05) is 11.7 Å². The molecule has 0 unspecified atom stereocenters. The van der Waals surface area contributed by atoms with Gasteiger partial charge in [-0.1, -0.05) is 18.2 Å². The zero-order chi connectivity index (χ0) is 11.3. The van der Waals surface area contributed by atoms with Crippen LogP contribution in [0.4, 0.5) is 0 Å². The number of carboxylic acids is 1. The van der Waals surface area contributed by atoms with Crippen molar-refractivity contribution in [2.75, 3.05) is 0 Å². The van der Waals surface area contributed by atoms with Crippen LogP contribution in [-0.2, 0) is 4.79 Å². The van der Waals surface area contributed by atoms with Crippen LogP contribution in [0.25, 0.3) is 10.9 Å². The predicted molar refractivity (Wildman–Crippen MR) is 59.6 cm³/mol. The second kappa shape index (κ2) is 5.17. The molecule has 1 atom stereocenters. The van der Waals surface area contributed by atoms with Crippen molar-refractivity contribution in [3.63, 3.8) is 0 Å². The Kier molecular flexibility index (Phi) is 3.88. The molecular weight excluding hydrogens is 192 g/mol. The summed E-state index contributed by atoms with van der Waals surface area (Å²) in [4.78, 5) is 12.7. The number of hydrogen-bond donors (Lipinski definition) is 3. The Hall–Kier alpha value is -1.81. The number of aliphatic carboxylic acids is 1. The van der Waals surface area contributed by atoms with Crippen molar-refractivity contribution in [2.24, 2.45) is 5.73 Å². The molecular formula is C11H14N2O2. The van der Waals surface area contributed by atoms with Crippen molar-refractivity contribution < 1.29 is 9.90 Å². The first-order chi connectivity index (χ1) is 7.11. The molecule has 15 heavy (non-hydrogen) atoms. The summed E-state index contributed by atoms with van der Waals surface area (Å²) in [5.74, 6) is -0.963. The molecule has 0 fully saturated rings. The number of aromatic amines is 1. The third kappa shape index (κ3) is 3.44. The van der Waals surface area contributed by atoms with E-state index in [1.54, 1.807) is 0 Å². The summed E-state index contributed by atoms with van der Waals surface area (Å²) in [6.07, 6.45) is 1.95. The van der Waals surface area contributed by atoms with Crippen LogP contribution in [0.1, 0.15) is 6.92 Å². The molecule has 0 amide bonds. The molecule has 2 rings (SSSR count). The molecule has 1 heterocycles. The topological polar surface area (TPSA) is 79.1 Å². The average molecular weight is 206 g/mol. The third-order valence-electron chi connectivity index (χ3n) is 1.85. The standard InChI is InChI=1S/C8H7N.C3H7NO2/c1-2-4-8-7(3-1)5-6-9-8;1-2(4)3(5)6/h1-6,9H;2H,4H2,1H3,(H,5,6)/t;2-/m.1/s1. The van der Waals surface area contributed by atoms with Gasteiger partial charge in [0.05, 0.1) is 0 Å². The Morgan fingerprint density at radius 3 is 2.53 bits per heavy atom. The van der Waals surface area contributed by atoms with E-state index in [0.717, 1.165) is 0 Å². The number of para-hydroxylation sites is 1. The predicted octanol–water partition coefficient (Wildman–Crippen LogP) is 1.59. The fourth-order valence-corrected chi connectivity index (χ4v) is 0.995. The second-order valence-electron chi connectivity index (χ2n) is 3.19. The summed E-state index contributed by atoms with van der Waals surface area (Å²) in [5, 5.41) is 9.14. The van der Waals surface area contributed by atoms with E-state index in [0.29, 0.717) is 0 Å². The van der Waals surface area contributed by atoms with Crippen molar-refractivity contribution in [1.82, 2.24) is 4.98 Å². The Morgan fingerprint density at radius 2 is 2.00 bits per heavy atom. The lowest BCUT2D eigenvalue weighted by Crippen LogP contribution is -2.25. The Morgan fingerprint density at radius 1 is 1.40 bits per heavy atom. The summed E-state index contributed by atoms with van der Waals surface area (Å²) in [7, 11) is 0. The first-order valence-electron chi connectivity index (χ1n) is 4.62. The molecule has 0 aliphatic carbocycles. The molecule has 0 saturated carbocycles. The normalized spacial score (nSPS) is 11.6.